The maximum Gasteiger partial charge on any atom is 0.573 e. The number of halogens is 3. The predicted molar refractivity (Wildman–Crippen MR) is 129 cm³/mol. The number of alkyl halides is 3. The zero-order chi connectivity index (χ0) is 25.2. The molecule has 2 N–H and O–H groups in total. The number of nitrogens with one attached hydrogen (secondary N) is 1. The molecule has 0 aliphatic carbocycles. The van der Waals surface area contributed by atoms with E-state index in [1.54, 1.807) is 42.5 Å². The van der Waals surface area contributed by atoms with Crippen LogP contribution >= 0.6 is 23.6 Å². The molecule has 180 valence electrons. The number of rotatable bonds is 7. The Morgan fingerprint density at radius 3 is 2.43 bits per heavy atom. The molecule has 1 aliphatic rings. The summed E-state index contributed by atoms with van der Waals surface area (Å²) in [6.07, 6.45) is -3.11. The van der Waals surface area contributed by atoms with Gasteiger partial charge in [-0.1, -0.05) is 30.3 Å². The highest BCUT2D eigenvalue weighted by molar-refractivity contribution is 7.80. The van der Waals surface area contributed by atoms with Crippen LogP contribution in [0.5, 0.6) is 5.75 Å². The molecule has 3 aromatic rings. The van der Waals surface area contributed by atoms with Crippen molar-refractivity contribution >= 4 is 46.6 Å². The number of nitrogens with zero attached hydrogens (tertiary/aromatic N) is 1. The van der Waals surface area contributed by atoms with Crippen molar-refractivity contribution in [1.29, 1.82) is 0 Å². The van der Waals surface area contributed by atoms with Crippen molar-refractivity contribution in [3.8, 4) is 16.2 Å². The molecule has 1 atom stereocenters. The zero-order valence-corrected chi connectivity index (χ0v) is 19.4. The van der Waals surface area contributed by atoms with Crippen molar-refractivity contribution in [2.45, 2.75) is 18.8 Å². The van der Waals surface area contributed by atoms with E-state index < -0.39 is 24.3 Å². The number of ether oxygens (including phenoxy) is 1. The Kier molecular flexibility index (Phi) is 6.90. The lowest BCUT2D eigenvalue weighted by atomic mass is 10.0. The summed E-state index contributed by atoms with van der Waals surface area (Å²) in [6.45, 7) is 0. The lowest BCUT2D eigenvalue weighted by Crippen LogP contribution is -2.46. The van der Waals surface area contributed by atoms with Crippen molar-refractivity contribution in [1.82, 2.24) is 10.2 Å². The summed E-state index contributed by atoms with van der Waals surface area (Å²) in [4.78, 5) is 27.5. The number of thiophene rings is 1. The molecule has 4 rings (SSSR count). The van der Waals surface area contributed by atoms with E-state index in [9.17, 15) is 27.9 Å². The number of aliphatic carboxylic acids is 1. The summed E-state index contributed by atoms with van der Waals surface area (Å²) in [5.74, 6) is -2.05. The predicted octanol–water partition coefficient (Wildman–Crippen LogP) is 5.07. The summed E-state index contributed by atoms with van der Waals surface area (Å²) < 4.78 is 40.9. The summed E-state index contributed by atoms with van der Waals surface area (Å²) in [6, 6.07) is 16.7. The maximum atomic E-state index is 13.0. The standard InChI is InChI=1S/C24H17F3N2O4S2/c25-24(26,27)33-16-8-6-15(7-9-16)20-11-10-17(35-20)13-18-21(30)29(23(34)28-18)19(22(31)32)12-14-4-2-1-3-5-14/h1-11,13,19H,12H2,(H,28,34)(H,31,32). The lowest BCUT2D eigenvalue weighted by molar-refractivity contribution is -0.274. The van der Waals surface area contributed by atoms with Crippen LogP contribution in [0.3, 0.4) is 0 Å². The first-order chi connectivity index (χ1) is 16.6. The molecule has 0 radical (unpaired) electrons. The monoisotopic (exact) mass is 518 g/mol. The van der Waals surface area contributed by atoms with Crippen molar-refractivity contribution in [2.75, 3.05) is 0 Å². The van der Waals surface area contributed by atoms with Crippen molar-refractivity contribution in [3.63, 3.8) is 0 Å². The highest BCUT2D eigenvalue weighted by Crippen LogP contribution is 2.32. The van der Waals surface area contributed by atoms with Gasteiger partial charge in [-0.25, -0.2) is 4.79 Å². The number of hydrogen-bond acceptors (Lipinski definition) is 5. The van der Waals surface area contributed by atoms with Crippen LogP contribution < -0.4 is 10.1 Å². The van der Waals surface area contributed by atoms with Gasteiger partial charge in [0.05, 0.1) is 0 Å². The zero-order valence-electron chi connectivity index (χ0n) is 17.8. The van der Waals surface area contributed by atoms with Crippen LogP contribution in [-0.4, -0.2) is 39.4 Å². The van der Waals surface area contributed by atoms with E-state index in [4.69, 9.17) is 12.2 Å². The first-order valence-electron chi connectivity index (χ1n) is 10.2. The van der Waals surface area contributed by atoms with Crippen molar-refractivity contribution in [2.24, 2.45) is 0 Å². The van der Waals surface area contributed by atoms with Gasteiger partial charge in [0.25, 0.3) is 5.91 Å². The molecular weight excluding hydrogens is 501 g/mol. The Hall–Kier alpha value is -3.70. The minimum Gasteiger partial charge on any atom is -0.480 e. The average molecular weight is 519 g/mol. The fraction of sp³-hybridized carbons (Fsp3) is 0.125. The molecule has 2 heterocycles. The Morgan fingerprint density at radius 2 is 1.80 bits per heavy atom. The second-order valence-corrected chi connectivity index (χ2v) is 8.98. The topological polar surface area (TPSA) is 78.9 Å². The molecule has 1 aromatic heterocycles. The number of hydrogen-bond donors (Lipinski definition) is 2. The third kappa shape index (κ3) is 5.87. The second-order valence-electron chi connectivity index (χ2n) is 7.48. The summed E-state index contributed by atoms with van der Waals surface area (Å²) in [5.41, 5.74) is 1.56. The van der Waals surface area contributed by atoms with Gasteiger partial charge in [-0.15, -0.1) is 24.5 Å². The van der Waals surface area contributed by atoms with Gasteiger partial charge < -0.3 is 15.2 Å². The van der Waals surface area contributed by atoms with Crippen LogP contribution in [0, 0.1) is 0 Å². The number of thiocarbonyl (C=S) groups is 1. The summed E-state index contributed by atoms with van der Waals surface area (Å²) >= 11 is 6.56. The quantitative estimate of drug-likeness (QED) is 0.336. The number of benzene rings is 2. The minimum atomic E-state index is -4.76. The molecule has 1 aliphatic heterocycles. The minimum absolute atomic E-state index is 0.00149. The number of carbonyl (C=O) groups is 2. The van der Waals surface area contributed by atoms with Gasteiger partial charge in [-0.2, -0.15) is 0 Å². The fourth-order valence-corrected chi connectivity index (χ4v) is 4.78. The third-order valence-corrected chi connectivity index (χ3v) is 6.44. The third-order valence-electron chi connectivity index (χ3n) is 5.06. The van der Waals surface area contributed by atoms with E-state index in [0.717, 1.165) is 15.3 Å². The Balaban J connectivity index is 1.51. The normalized spacial score (nSPS) is 15.9. The van der Waals surface area contributed by atoms with Gasteiger partial charge in [-0.05, 0) is 65.8 Å². The first-order valence-corrected chi connectivity index (χ1v) is 11.4. The molecule has 11 heteroatoms. The molecule has 1 fully saturated rings. The van der Waals surface area contributed by atoms with Gasteiger partial charge in [0.2, 0.25) is 0 Å². The molecule has 0 saturated carbocycles. The Labute approximate surface area is 207 Å². The van der Waals surface area contributed by atoms with Gasteiger partial charge >= 0.3 is 12.3 Å². The van der Waals surface area contributed by atoms with Crippen LogP contribution in [0.15, 0.2) is 72.4 Å². The average Bonchev–Trinajstić information content (AvgIpc) is 3.37. The molecule has 0 spiro atoms. The smallest absolute Gasteiger partial charge is 0.480 e. The maximum absolute atomic E-state index is 13.0. The molecule has 35 heavy (non-hydrogen) atoms. The highest BCUT2D eigenvalue weighted by Gasteiger charge is 2.39. The Morgan fingerprint density at radius 1 is 1.11 bits per heavy atom. The van der Waals surface area contributed by atoms with Crippen molar-refractivity contribution < 1.29 is 32.6 Å². The SMILES string of the molecule is O=C(O)C(Cc1ccccc1)N1C(=O)C(=Cc2ccc(-c3ccc(OC(F)(F)F)cc3)s2)NC1=S. The van der Waals surface area contributed by atoms with E-state index in [2.05, 4.69) is 10.1 Å². The first kappa shape index (κ1) is 24.4. The van der Waals surface area contributed by atoms with Crippen LogP contribution in [0.2, 0.25) is 0 Å². The lowest BCUT2D eigenvalue weighted by Gasteiger charge is -2.22. The molecular formula is C24H17F3N2O4S2. The molecule has 1 amide bonds. The van der Waals surface area contributed by atoms with E-state index in [1.807, 2.05) is 6.07 Å². The second kappa shape index (κ2) is 9.88. The van der Waals surface area contributed by atoms with Crippen molar-refractivity contribution in [3.05, 3.63) is 82.9 Å². The van der Waals surface area contributed by atoms with E-state index in [-0.39, 0.29) is 23.0 Å². The molecule has 1 unspecified atom stereocenters. The number of carboxylic acid groups (broad SMARTS) is 1. The fourth-order valence-electron chi connectivity index (χ4n) is 3.51. The number of amides is 1. The van der Waals surface area contributed by atoms with Crippen LogP contribution in [-0.2, 0) is 16.0 Å². The van der Waals surface area contributed by atoms with Gasteiger partial charge in [0.15, 0.2) is 5.11 Å². The van der Waals surface area contributed by atoms with E-state index in [1.165, 1.54) is 35.6 Å². The molecule has 1 saturated heterocycles. The summed E-state index contributed by atoms with van der Waals surface area (Å²) in [7, 11) is 0. The molecule has 6 nitrogen and oxygen atoms in total. The number of carbonyl (C=O) groups excluding carboxylic acids is 1. The highest BCUT2D eigenvalue weighted by atomic mass is 32.1. The molecule has 0 bridgehead atoms. The molecule has 2 aromatic carbocycles. The van der Waals surface area contributed by atoms with E-state index in [0.29, 0.717) is 10.4 Å². The largest absolute Gasteiger partial charge is 0.573 e. The van der Waals surface area contributed by atoms with Crippen LogP contribution in [0.25, 0.3) is 16.5 Å². The van der Waals surface area contributed by atoms with Gasteiger partial charge in [-0.3, -0.25) is 9.69 Å². The number of carboxylic acids is 1. The van der Waals surface area contributed by atoms with E-state index >= 15 is 0 Å². The van der Waals surface area contributed by atoms with Crippen LogP contribution in [0.1, 0.15) is 10.4 Å². The van der Waals surface area contributed by atoms with Gasteiger partial charge in [0.1, 0.15) is 17.5 Å². The van der Waals surface area contributed by atoms with Crippen LogP contribution in [0.4, 0.5) is 13.2 Å². The summed E-state index contributed by atoms with van der Waals surface area (Å²) in [5, 5.41) is 12.5. The van der Waals surface area contributed by atoms with Gasteiger partial charge in [0, 0.05) is 16.2 Å². The Bertz CT molecular complexity index is 1290.